The third-order valence-electron chi connectivity index (χ3n) is 15.2. The molecule has 6 aliphatic rings. The van der Waals surface area contributed by atoms with Crippen molar-refractivity contribution in [1.82, 2.24) is 36.0 Å². The van der Waals surface area contributed by atoms with Crippen LogP contribution in [0.5, 0.6) is 5.75 Å². The van der Waals surface area contributed by atoms with E-state index in [9.17, 15) is 4.39 Å². The van der Waals surface area contributed by atoms with Crippen LogP contribution in [0.3, 0.4) is 0 Å². The SMILES string of the molecule is C1CNCCN1.CC.CCCC(CC)CN1CCN(c2ccccc2OC)CC1.Cc1ccc(C2CCN(CC3CCNCC3)CC2)cc1.Fc1ccccc1N1CCN(CC2CCNCC2)CC1. The molecule has 6 heterocycles. The maximum Gasteiger partial charge on any atom is 0.146 e. The number of rotatable bonds is 13. The van der Waals surface area contributed by atoms with Crippen molar-refractivity contribution in [2.24, 2.45) is 17.8 Å². The molecule has 1 unspecified atom stereocenters. The van der Waals surface area contributed by atoms with Crippen molar-refractivity contribution in [3.8, 4) is 5.75 Å². The monoisotopic (exact) mass is 956 g/mol. The van der Waals surface area contributed by atoms with Crippen LogP contribution in [0.1, 0.15) is 103 Å². The van der Waals surface area contributed by atoms with Crippen molar-refractivity contribution < 1.29 is 9.13 Å². The fourth-order valence-corrected chi connectivity index (χ4v) is 10.9. The van der Waals surface area contributed by atoms with Crippen molar-refractivity contribution in [2.75, 3.05) is 154 Å². The van der Waals surface area contributed by atoms with Gasteiger partial charge in [-0.05, 0) is 145 Å². The quantitative estimate of drug-likeness (QED) is 0.134. The predicted octanol–water partition coefficient (Wildman–Crippen LogP) is 8.97. The minimum atomic E-state index is -0.0979. The number of likely N-dealkylation sites (tertiary alicyclic amines) is 1. The molecule has 4 N–H and O–H groups in total. The molecule has 3 aromatic rings. The molecule has 69 heavy (non-hydrogen) atoms. The van der Waals surface area contributed by atoms with E-state index in [-0.39, 0.29) is 5.82 Å². The molecule has 6 aliphatic heterocycles. The number of piperidine rings is 3. The second kappa shape index (κ2) is 33.4. The number of benzene rings is 3. The van der Waals surface area contributed by atoms with Gasteiger partial charge in [0.2, 0.25) is 0 Å². The Morgan fingerprint density at radius 1 is 0.551 bits per heavy atom. The number of anilines is 2. The first-order valence-electron chi connectivity index (χ1n) is 27.9. The van der Waals surface area contributed by atoms with E-state index in [0.29, 0.717) is 0 Å². The highest BCUT2D eigenvalue weighted by Gasteiger charge is 2.25. The van der Waals surface area contributed by atoms with Crippen LogP contribution < -0.4 is 35.8 Å². The van der Waals surface area contributed by atoms with Gasteiger partial charge in [0, 0.05) is 98.2 Å². The van der Waals surface area contributed by atoms with Crippen LogP contribution in [0.4, 0.5) is 15.8 Å². The summed E-state index contributed by atoms with van der Waals surface area (Å²) in [6.45, 7) is 35.1. The first-order chi connectivity index (χ1) is 33.9. The number of ether oxygens (including phenoxy) is 1. The molecule has 0 amide bonds. The lowest BCUT2D eigenvalue weighted by Gasteiger charge is -2.38. The molecule has 0 aromatic heterocycles. The van der Waals surface area contributed by atoms with Gasteiger partial charge in [-0.2, -0.15) is 0 Å². The molecule has 11 heteroatoms. The topological polar surface area (TPSA) is 73.5 Å². The van der Waals surface area contributed by atoms with E-state index in [0.717, 1.165) is 114 Å². The molecule has 388 valence electrons. The first-order valence-corrected chi connectivity index (χ1v) is 27.9. The van der Waals surface area contributed by atoms with Crippen molar-refractivity contribution in [1.29, 1.82) is 0 Å². The maximum absolute atomic E-state index is 13.8. The highest BCUT2D eigenvalue weighted by atomic mass is 19.1. The minimum Gasteiger partial charge on any atom is -0.495 e. The van der Waals surface area contributed by atoms with Gasteiger partial charge in [0.15, 0.2) is 0 Å². The Labute approximate surface area is 420 Å². The Balaban J connectivity index is 0.000000178. The Morgan fingerprint density at radius 2 is 1.01 bits per heavy atom. The van der Waals surface area contributed by atoms with Crippen LogP contribution in [-0.2, 0) is 0 Å². The third-order valence-corrected chi connectivity index (χ3v) is 15.2. The first kappa shape index (κ1) is 56.6. The van der Waals surface area contributed by atoms with Crippen LogP contribution in [0, 0.1) is 30.5 Å². The van der Waals surface area contributed by atoms with E-state index < -0.39 is 0 Å². The van der Waals surface area contributed by atoms with E-state index in [1.165, 1.54) is 128 Å². The third kappa shape index (κ3) is 20.4. The fourth-order valence-electron chi connectivity index (χ4n) is 10.9. The van der Waals surface area contributed by atoms with Crippen molar-refractivity contribution in [2.45, 2.75) is 98.3 Å². The van der Waals surface area contributed by atoms with Gasteiger partial charge in [0.25, 0.3) is 0 Å². The summed E-state index contributed by atoms with van der Waals surface area (Å²) in [4.78, 5) is 12.5. The number of hydrogen-bond donors (Lipinski definition) is 4. The normalized spacial score (nSPS) is 20.7. The molecule has 10 nitrogen and oxygen atoms in total. The molecule has 1 atom stereocenters. The number of hydrogen-bond acceptors (Lipinski definition) is 10. The average molecular weight is 956 g/mol. The lowest BCUT2D eigenvalue weighted by Crippen LogP contribution is -2.48. The Hall–Kier alpha value is -3.29. The van der Waals surface area contributed by atoms with Crippen molar-refractivity contribution in [3.63, 3.8) is 0 Å². The lowest BCUT2D eigenvalue weighted by atomic mass is 9.88. The summed E-state index contributed by atoms with van der Waals surface area (Å²) >= 11 is 0. The molecule has 9 rings (SSSR count). The summed E-state index contributed by atoms with van der Waals surface area (Å²) < 4.78 is 19.3. The minimum absolute atomic E-state index is 0.0979. The Morgan fingerprint density at radius 3 is 1.51 bits per heavy atom. The number of nitrogens with zero attached hydrogens (tertiary/aromatic N) is 5. The summed E-state index contributed by atoms with van der Waals surface area (Å²) in [7, 11) is 1.76. The molecular weight excluding hydrogens is 858 g/mol. The molecule has 3 aromatic carbocycles. The van der Waals surface area contributed by atoms with Crippen LogP contribution in [-0.4, -0.2) is 159 Å². The standard InChI is InChI=1S/C18H30N2O.C18H28N2.C16H24FN3.C4H10N2.C2H6/c1-4-8-16(5-2)15-19-11-13-20(14-12-19)17-9-6-7-10-18(17)21-3;1-15-2-4-17(5-3-15)18-8-12-20(13-9-18)14-16-6-10-19-11-7-16;17-15-3-1-2-4-16(15)20-11-9-19(10-12-20)13-14-5-7-18-8-6-14;1-2-6-4-3-5-1;1-2/h6-7,9-10,16H,4-5,8,11-15H2,1-3H3;2-5,16,18-19H,6-14H2,1H3;1-4,14,18H,5-13H2;5-6H,1-4H2;1-2H3. The molecular formula is C58H98FN9O. The zero-order valence-electron chi connectivity index (χ0n) is 44.5. The van der Waals surface area contributed by atoms with Crippen LogP contribution in [0.15, 0.2) is 72.8 Å². The zero-order valence-corrected chi connectivity index (χ0v) is 44.5. The van der Waals surface area contributed by atoms with Crippen LogP contribution in [0.2, 0.25) is 0 Å². The number of para-hydroxylation sites is 3. The highest BCUT2D eigenvalue weighted by molar-refractivity contribution is 5.58. The average Bonchev–Trinajstić information content (AvgIpc) is 3.42. The summed E-state index contributed by atoms with van der Waals surface area (Å²) in [5, 5.41) is 13.3. The Kier molecular flexibility index (Phi) is 27.4. The van der Waals surface area contributed by atoms with Crippen LogP contribution in [0.25, 0.3) is 0 Å². The van der Waals surface area contributed by atoms with Crippen molar-refractivity contribution in [3.05, 3.63) is 89.7 Å². The van der Waals surface area contributed by atoms with Gasteiger partial charge < -0.3 is 40.7 Å². The molecule has 6 saturated heterocycles. The summed E-state index contributed by atoms with van der Waals surface area (Å²) in [5.74, 6) is 4.33. The summed E-state index contributed by atoms with van der Waals surface area (Å²) in [6.07, 6.45) is 12.0. The lowest BCUT2D eigenvalue weighted by molar-refractivity contribution is 0.167. The van der Waals surface area contributed by atoms with Gasteiger partial charge in [0.1, 0.15) is 11.6 Å². The van der Waals surface area contributed by atoms with Gasteiger partial charge >= 0.3 is 0 Å². The van der Waals surface area contributed by atoms with Crippen molar-refractivity contribution >= 4 is 11.4 Å². The summed E-state index contributed by atoms with van der Waals surface area (Å²) in [6, 6.07) is 24.7. The fraction of sp³-hybridized carbons (Fsp3) is 0.690. The number of halogens is 1. The van der Waals surface area contributed by atoms with E-state index in [1.807, 2.05) is 32.0 Å². The molecule has 0 saturated carbocycles. The smallest absolute Gasteiger partial charge is 0.146 e. The molecule has 0 aliphatic carbocycles. The number of piperazine rings is 3. The van der Waals surface area contributed by atoms with Gasteiger partial charge in [-0.25, -0.2) is 4.39 Å². The molecule has 0 spiro atoms. The molecule has 0 bridgehead atoms. The number of aryl methyl sites for hydroxylation is 1. The number of methoxy groups -OCH3 is 1. The van der Waals surface area contributed by atoms with E-state index in [4.69, 9.17) is 4.74 Å². The second-order valence-electron chi connectivity index (χ2n) is 20.1. The van der Waals surface area contributed by atoms with Crippen LogP contribution >= 0.6 is 0 Å². The molecule has 0 radical (unpaired) electrons. The highest BCUT2D eigenvalue weighted by Crippen LogP contribution is 2.30. The van der Waals surface area contributed by atoms with Gasteiger partial charge in [-0.3, -0.25) is 9.80 Å². The largest absolute Gasteiger partial charge is 0.495 e. The number of nitrogens with one attached hydrogen (secondary N) is 4. The van der Waals surface area contributed by atoms with Gasteiger partial charge in [-0.15, -0.1) is 0 Å². The van der Waals surface area contributed by atoms with E-state index in [2.05, 4.69) is 109 Å². The maximum atomic E-state index is 13.8. The Bertz CT molecular complexity index is 1720. The van der Waals surface area contributed by atoms with E-state index in [1.54, 1.807) is 24.8 Å². The zero-order chi connectivity index (χ0) is 48.9. The summed E-state index contributed by atoms with van der Waals surface area (Å²) in [5.41, 5.74) is 4.92. The van der Waals surface area contributed by atoms with Gasteiger partial charge in [0.05, 0.1) is 18.5 Å². The molecule has 6 fully saturated rings. The second-order valence-corrected chi connectivity index (χ2v) is 20.1. The predicted molar refractivity (Wildman–Crippen MR) is 293 cm³/mol. The van der Waals surface area contributed by atoms with Gasteiger partial charge in [-0.1, -0.05) is 94.6 Å². The van der Waals surface area contributed by atoms with E-state index >= 15 is 0 Å².